The first kappa shape index (κ1) is 16.5. The van der Waals surface area contributed by atoms with E-state index in [0.29, 0.717) is 6.42 Å². The third kappa shape index (κ3) is 4.87. The zero-order chi connectivity index (χ0) is 15.0. The van der Waals surface area contributed by atoms with Crippen molar-refractivity contribution in [2.45, 2.75) is 59.3 Å². The first-order chi connectivity index (χ1) is 9.60. The molecule has 1 aromatic heterocycles. The molecule has 1 aromatic rings. The Kier molecular flexibility index (Phi) is 7.13. The molecule has 0 fully saturated rings. The third-order valence-corrected chi connectivity index (χ3v) is 3.61. The highest BCUT2D eigenvalue weighted by atomic mass is 16.5. The average molecular weight is 278 g/mol. The van der Waals surface area contributed by atoms with Crippen LogP contribution in [0.1, 0.15) is 55.3 Å². The van der Waals surface area contributed by atoms with E-state index in [4.69, 9.17) is 4.42 Å². The monoisotopic (exact) mass is 278 g/mol. The van der Waals surface area contributed by atoms with Gasteiger partial charge in [-0.2, -0.15) is 0 Å². The molecule has 0 radical (unpaired) electrons. The van der Waals surface area contributed by atoms with Gasteiger partial charge in [0, 0.05) is 19.3 Å². The molecule has 0 amide bonds. The molecule has 1 heterocycles. The second-order valence-corrected chi connectivity index (χ2v) is 5.07. The summed E-state index contributed by atoms with van der Waals surface area (Å²) >= 11 is 0. The molecule has 1 rings (SSSR count). The van der Waals surface area contributed by atoms with Crippen molar-refractivity contribution in [3.63, 3.8) is 0 Å². The van der Waals surface area contributed by atoms with Crippen LogP contribution < -0.4 is 0 Å². The second-order valence-electron chi connectivity index (χ2n) is 5.07. The van der Waals surface area contributed by atoms with E-state index in [2.05, 4.69) is 37.7 Å². The van der Waals surface area contributed by atoms with Gasteiger partial charge >= 0.3 is 5.97 Å². The van der Waals surface area contributed by atoms with E-state index in [1.807, 2.05) is 0 Å². The molecule has 20 heavy (non-hydrogen) atoms. The van der Waals surface area contributed by atoms with E-state index in [0.717, 1.165) is 43.6 Å². The largest absolute Gasteiger partial charge is 0.469 e. The van der Waals surface area contributed by atoms with Gasteiger partial charge in [0.15, 0.2) is 0 Å². The molecule has 0 aliphatic carbocycles. The SMILES string of the molecule is CCC=CCc1oc(CCCCC(=O)OC)c(C)c1C. The number of ether oxygens (including phenoxy) is 1. The van der Waals surface area contributed by atoms with E-state index in [9.17, 15) is 4.79 Å². The molecule has 3 nitrogen and oxygen atoms in total. The lowest BCUT2D eigenvalue weighted by Crippen LogP contribution is -1.99. The van der Waals surface area contributed by atoms with Crippen molar-refractivity contribution in [3.05, 3.63) is 34.8 Å². The number of carbonyl (C=O) groups is 1. The van der Waals surface area contributed by atoms with Crippen molar-refractivity contribution in [2.24, 2.45) is 0 Å². The number of hydrogen-bond donors (Lipinski definition) is 0. The van der Waals surface area contributed by atoms with Crippen LogP contribution in [0.4, 0.5) is 0 Å². The number of unbranched alkanes of at least 4 members (excludes halogenated alkanes) is 1. The number of carbonyl (C=O) groups excluding carboxylic acids is 1. The van der Waals surface area contributed by atoms with Gasteiger partial charge in [0.05, 0.1) is 7.11 Å². The Hall–Kier alpha value is -1.51. The van der Waals surface area contributed by atoms with Crippen LogP contribution in [0.2, 0.25) is 0 Å². The lowest BCUT2D eigenvalue weighted by Gasteiger charge is -2.00. The first-order valence-corrected chi connectivity index (χ1v) is 7.39. The van der Waals surface area contributed by atoms with E-state index in [-0.39, 0.29) is 5.97 Å². The quantitative estimate of drug-likeness (QED) is 0.404. The Morgan fingerprint density at radius 3 is 2.50 bits per heavy atom. The van der Waals surface area contributed by atoms with Crippen LogP contribution in [-0.4, -0.2) is 13.1 Å². The average Bonchev–Trinajstić information content (AvgIpc) is 2.72. The maximum Gasteiger partial charge on any atom is 0.305 e. The highest BCUT2D eigenvalue weighted by molar-refractivity contribution is 5.68. The van der Waals surface area contributed by atoms with Crippen LogP contribution in [0.5, 0.6) is 0 Å². The van der Waals surface area contributed by atoms with Crippen molar-refractivity contribution in [1.29, 1.82) is 0 Å². The topological polar surface area (TPSA) is 39.4 Å². The van der Waals surface area contributed by atoms with Crippen LogP contribution in [0.15, 0.2) is 16.6 Å². The summed E-state index contributed by atoms with van der Waals surface area (Å²) in [6, 6.07) is 0. The molecule has 0 aliphatic heterocycles. The number of rotatable bonds is 8. The number of aryl methyl sites for hydroxylation is 1. The number of furan rings is 1. The van der Waals surface area contributed by atoms with Crippen molar-refractivity contribution in [1.82, 2.24) is 0 Å². The van der Waals surface area contributed by atoms with Gasteiger partial charge in [0.25, 0.3) is 0 Å². The van der Waals surface area contributed by atoms with Gasteiger partial charge in [-0.25, -0.2) is 0 Å². The molecular formula is C17H26O3. The van der Waals surface area contributed by atoms with Gasteiger partial charge in [0.2, 0.25) is 0 Å². The summed E-state index contributed by atoms with van der Waals surface area (Å²) in [5, 5.41) is 0. The molecule has 0 N–H and O–H groups in total. The minimum atomic E-state index is -0.136. The molecule has 0 atom stereocenters. The summed E-state index contributed by atoms with van der Waals surface area (Å²) in [5.74, 6) is 1.99. The van der Waals surface area contributed by atoms with Gasteiger partial charge in [-0.15, -0.1) is 0 Å². The Labute approximate surface area is 122 Å². The van der Waals surface area contributed by atoms with Crippen molar-refractivity contribution < 1.29 is 13.9 Å². The molecular weight excluding hydrogens is 252 g/mol. The van der Waals surface area contributed by atoms with Crippen LogP contribution in [-0.2, 0) is 22.4 Å². The van der Waals surface area contributed by atoms with Crippen LogP contribution in [0, 0.1) is 13.8 Å². The van der Waals surface area contributed by atoms with Crippen molar-refractivity contribution >= 4 is 5.97 Å². The predicted molar refractivity (Wildman–Crippen MR) is 80.9 cm³/mol. The molecule has 0 saturated heterocycles. The lowest BCUT2D eigenvalue weighted by atomic mass is 10.1. The standard InChI is InChI=1S/C17H26O3/c1-5-6-7-10-15-13(2)14(3)16(20-15)11-8-9-12-17(18)19-4/h6-7H,5,8-12H2,1-4H3. The Morgan fingerprint density at radius 1 is 1.15 bits per heavy atom. The zero-order valence-electron chi connectivity index (χ0n) is 13.1. The minimum Gasteiger partial charge on any atom is -0.469 e. The Bertz CT molecular complexity index is 455. The fourth-order valence-electron chi connectivity index (χ4n) is 2.17. The maximum absolute atomic E-state index is 11.0. The zero-order valence-corrected chi connectivity index (χ0v) is 13.1. The van der Waals surface area contributed by atoms with Gasteiger partial charge in [-0.05, 0) is 44.2 Å². The Balaban J connectivity index is 2.52. The highest BCUT2D eigenvalue weighted by Gasteiger charge is 2.12. The minimum absolute atomic E-state index is 0.136. The fraction of sp³-hybridized carbons (Fsp3) is 0.588. The number of hydrogen-bond acceptors (Lipinski definition) is 3. The maximum atomic E-state index is 11.0. The van der Waals surface area contributed by atoms with Gasteiger partial charge in [-0.3, -0.25) is 4.79 Å². The molecule has 0 aliphatic rings. The smallest absolute Gasteiger partial charge is 0.305 e. The van der Waals surface area contributed by atoms with E-state index >= 15 is 0 Å². The van der Waals surface area contributed by atoms with Crippen LogP contribution >= 0.6 is 0 Å². The summed E-state index contributed by atoms with van der Waals surface area (Å²) < 4.78 is 10.6. The van der Waals surface area contributed by atoms with Crippen molar-refractivity contribution in [3.8, 4) is 0 Å². The summed E-state index contributed by atoms with van der Waals surface area (Å²) in [5.41, 5.74) is 2.51. The molecule has 0 spiro atoms. The van der Waals surface area contributed by atoms with Gasteiger partial charge < -0.3 is 9.15 Å². The normalized spacial score (nSPS) is 11.2. The number of methoxy groups -OCH3 is 1. The van der Waals surface area contributed by atoms with Gasteiger partial charge in [0.1, 0.15) is 11.5 Å². The summed E-state index contributed by atoms with van der Waals surface area (Å²) in [6.45, 7) is 6.36. The summed E-state index contributed by atoms with van der Waals surface area (Å²) in [6.07, 6.45) is 9.41. The van der Waals surface area contributed by atoms with E-state index < -0.39 is 0 Å². The molecule has 0 unspecified atom stereocenters. The fourth-order valence-corrected chi connectivity index (χ4v) is 2.17. The number of allylic oxidation sites excluding steroid dienone is 2. The summed E-state index contributed by atoms with van der Waals surface area (Å²) in [4.78, 5) is 11.0. The molecule has 3 heteroatoms. The molecule has 0 saturated carbocycles. The molecule has 112 valence electrons. The Morgan fingerprint density at radius 2 is 1.85 bits per heavy atom. The summed E-state index contributed by atoms with van der Waals surface area (Å²) in [7, 11) is 1.43. The van der Waals surface area contributed by atoms with Gasteiger partial charge in [-0.1, -0.05) is 19.1 Å². The van der Waals surface area contributed by atoms with E-state index in [1.165, 1.54) is 18.2 Å². The first-order valence-electron chi connectivity index (χ1n) is 7.39. The predicted octanol–water partition coefficient (Wildman–Crippen LogP) is 4.29. The highest BCUT2D eigenvalue weighted by Crippen LogP contribution is 2.23. The van der Waals surface area contributed by atoms with E-state index in [1.54, 1.807) is 0 Å². The third-order valence-electron chi connectivity index (χ3n) is 3.61. The number of esters is 1. The van der Waals surface area contributed by atoms with Crippen molar-refractivity contribution in [2.75, 3.05) is 7.11 Å². The molecule has 0 bridgehead atoms. The second kappa shape index (κ2) is 8.62. The van der Waals surface area contributed by atoms with Crippen LogP contribution in [0.25, 0.3) is 0 Å². The van der Waals surface area contributed by atoms with Crippen LogP contribution in [0.3, 0.4) is 0 Å². The lowest BCUT2D eigenvalue weighted by molar-refractivity contribution is -0.140. The molecule has 0 aromatic carbocycles.